The van der Waals surface area contributed by atoms with Crippen LogP contribution in [0.4, 0.5) is 5.95 Å². The van der Waals surface area contributed by atoms with Gasteiger partial charge in [-0.2, -0.15) is 0 Å². The average Bonchev–Trinajstić information content (AvgIpc) is 2.63. The third kappa shape index (κ3) is 5.52. The van der Waals surface area contributed by atoms with Crippen LogP contribution >= 0.6 is 0 Å². The maximum atomic E-state index is 12.3. The number of carbonyl (C=O) groups excluding carboxylic acids is 1. The smallest absolute Gasteiger partial charge is 0.225 e. The Morgan fingerprint density at radius 3 is 2.44 bits per heavy atom. The zero-order valence-corrected chi connectivity index (χ0v) is 16.7. The van der Waals surface area contributed by atoms with Crippen LogP contribution in [0.25, 0.3) is 0 Å². The van der Waals surface area contributed by atoms with Gasteiger partial charge in [-0.25, -0.2) is 9.97 Å². The summed E-state index contributed by atoms with van der Waals surface area (Å²) in [5.41, 5.74) is 4.60. The van der Waals surface area contributed by atoms with Crippen molar-refractivity contribution >= 4 is 11.9 Å². The molecule has 27 heavy (non-hydrogen) atoms. The molecule has 1 saturated heterocycles. The molecular formula is C22H30N4O. The Bertz CT molecular complexity index is 761. The van der Waals surface area contributed by atoms with E-state index in [1.54, 1.807) is 0 Å². The molecule has 1 aliphatic heterocycles. The minimum Gasteiger partial charge on any atom is -0.356 e. The molecule has 1 N–H and O–H groups in total. The van der Waals surface area contributed by atoms with Gasteiger partial charge in [-0.05, 0) is 63.1 Å². The summed E-state index contributed by atoms with van der Waals surface area (Å²) in [6.45, 7) is 8.68. The Morgan fingerprint density at radius 2 is 1.78 bits per heavy atom. The van der Waals surface area contributed by atoms with Crippen molar-refractivity contribution in [3.63, 3.8) is 0 Å². The molecule has 1 aliphatic rings. The maximum Gasteiger partial charge on any atom is 0.225 e. The van der Waals surface area contributed by atoms with Crippen molar-refractivity contribution in [2.24, 2.45) is 5.92 Å². The van der Waals surface area contributed by atoms with E-state index in [-0.39, 0.29) is 5.91 Å². The first-order chi connectivity index (χ1) is 13.0. The minimum absolute atomic E-state index is 0.171. The van der Waals surface area contributed by atoms with Crippen LogP contribution in [0.15, 0.2) is 30.3 Å². The number of nitrogens with zero attached hydrogens (tertiary/aromatic N) is 3. The van der Waals surface area contributed by atoms with E-state index in [1.165, 1.54) is 11.1 Å². The summed E-state index contributed by atoms with van der Waals surface area (Å²) in [5.74, 6) is 1.45. The molecule has 5 heteroatoms. The molecule has 2 heterocycles. The number of amides is 1. The highest BCUT2D eigenvalue weighted by atomic mass is 16.1. The molecule has 144 valence electrons. The molecule has 1 amide bonds. The number of aryl methyl sites for hydroxylation is 3. The van der Waals surface area contributed by atoms with Crippen LogP contribution in [0, 0.1) is 26.7 Å². The topological polar surface area (TPSA) is 58.1 Å². The van der Waals surface area contributed by atoms with Gasteiger partial charge in [-0.3, -0.25) is 4.79 Å². The Labute approximate surface area is 162 Å². The second-order valence-electron chi connectivity index (χ2n) is 7.61. The number of aromatic nitrogens is 2. The maximum absolute atomic E-state index is 12.3. The van der Waals surface area contributed by atoms with Gasteiger partial charge in [-0.1, -0.05) is 24.3 Å². The fraction of sp³-hybridized carbons (Fsp3) is 0.500. The molecule has 0 unspecified atom stereocenters. The van der Waals surface area contributed by atoms with E-state index in [0.717, 1.165) is 49.7 Å². The lowest BCUT2D eigenvalue weighted by Gasteiger charge is -2.32. The van der Waals surface area contributed by atoms with Gasteiger partial charge in [0.1, 0.15) is 0 Å². The van der Waals surface area contributed by atoms with Crippen molar-refractivity contribution in [2.45, 2.75) is 46.5 Å². The van der Waals surface area contributed by atoms with E-state index >= 15 is 0 Å². The van der Waals surface area contributed by atoms with Crippen molar-refractivity contribution in [3.05, 3.63) is 52.8 Å². The van der Waals surface area contributed by atoms with E-state index in [2.05, 4.69) is 45.3 Å². The van der Waals surface area contributed by atoms with E-state index in [9.17, 15) is 4.79 Å². The number of benzene rings is 1. The molecule has 0 aliphatic carbocycles. The highest BCUT2D eigenvalue weighted by molar-refractivity contribution is 5.76. The molecule has 1 fully saturated rings. The first-order valence-corrected chi connectivity index (χ1v) is 9.89. The van der Waals surface area contributed by atoms with Crippen LogP contribution in [0.2, 0.25) is 0 Å². The second kappa shape index (κ2) is 8.98. The lowest BCUT2D eigenvalue weighted by Crippen LogP contribution is -2.37. The number of rotatable bonds is 6. The molecule has 0 bridgehead atoms. The predicted octanol–water partition coefficient (Wildman–Crippen LogP) is 3.37. The lowest BCUT2D eigenvalue weighted by molar-refractivity contribution is -0.122. The standard InChI is InChI=1S/C22H30N4O/c1-16-6-4-5-7-20(16)8-11-23-21(27)15-19-9-12-26(13-10-19)22-24-17(2)14-18(3)25-22/h4-7,14,19H,8-13,15H2,1-3H3,(H,23,27). The van der Waals surface area contributed by atoms with Gasteiger partial charge in [0, 0.05) is 37.4 Å². The van der Waals surface area contributed by atoms with E-state index in [0.29, 0.717) is 18.9 Å². The van der Waals surface area contributed by atoms with Crippen molar-refractivity contribution in [2.75, 3.05) is 24.5 Å². The van der Waals surface area contributed by atoms with Crippen LogP contribution < -0.4 is 10.2 Å². The monoisotopic (exact) mass is 366 g/mol. The highest BCUT2D eigenvalue weighted by Gasteiger charge is 2.23. The van der Waals surface area contributed by atoms with Crippen molar-refractivity contribution in [3.8, 4) is 0 Å². The highest BCUT2D eigenvalue weighted by Crippen LogP contribution is 2.23. The molecule has 0 atom stereocenters. The van der Waals surface area contributed by atoms with Crippen LogP contribution in [-0.4, -0.2) is 35.5 Å². The molecule has 0 spiro atoms. The summed E-state index contributed by atoms with van der Waals surface area (Å²) in [5, 5.41) is 3.09. The third-order valence-electron chi connectivity index (χ3n) is 5.32. The lowest BCUT2D eigenvalue weighted by atomic mass is 9.93. The molecule has 5 nitrogen and oxygen atoms in total. The van der Waals surface area contributed by atoms with Crippen LogP contribution in [0.5, 0.6) is 0 Å². The normalized spacial score (nSPS) is 15.0. The molecule has 1 aromatic heterocycles. The number of carbonyl (C=O) groups is 1. The van der Waals surface area contributed by atoms with Gasteiger partial charge in [-0.15, -0.1) is 0 Å². The van der Waals surface area contributed by atoms with Crippen molar-refractivity contribution < 1.29 is 4.79 Å². The van der Waals surface area contributed by atoms with Crippen LogP contribution in [0.3, 0.4) is 0 Å². The molecule has 3 rings (SSSR count). The van der Waals surface area contributed by atoms with Gasteiger partial charge < -0.3 is 10.2 Å². The first kappa shape index (κ1) is 19.3. The Morgan fingerprint density at radius 1 is 1.11 bits per heavy atom. The van der Waals surface area contributed by atoms with Gasteiger partial charge in [0.25, 0.3) is 0 Å². The van der Waals surface area contributed by atoms with E-state index in [4.69, 9.17) is 0 Å². The SMILES string of the molecule is Cc1cc(C)nc(N2CCC(CC(=O)NCCc3ccccc3C)CC2)n1. The number of piperidine rings is 1. The molecular weight excluding hydrogens is 336 g/mol. The van der Waals surface area contributed by atoms with Gasteiger partial charge >= 0.3 is 0 Å². The number of anilines is 1. The minimum atomic E-state index is 0.171. The fourth-order valence-electron chi connectivity index (χ4n) is 3.75. The quantitative estimate of drug-likeness (QED) is 0.852. The van der Waals surface area contributed by atoms with E-state index < -0.39 is 0 Å². The zero-order chi connectivity index (χ0) is 19.2. The number of hydrogen-bond donors (Lipinski definition) is 1. The van der Waals surface area contributed by atoms with Gasteiger partial charge in [0.2, 0.25) is 11.9 Å². The summed E-state index contributed by atoms with van der Waals surface area (Å²) in [6.07, 6.45) is 3.54. The summed E-state index contributed by atoms with van der Waals surface area (Å²) in [6, 6.07) is 10.3. The number of hydrogen-bond acceptors (Lipinski definition) is 4. The van der Waals surface area contributed by atoms with Crippen LogP contribution in [0.1, 0.15) is 41.8 Å². The van der Waals surface area contributed by atoms with Gasteiger partial charge in [0.05, 0.1) is 0 Å². The van der Waals surface area contributed by atoms with Gasteiger partial charge in [0.15, 0.2) is 0 Å². The van der Waals surface area contributed by atoms with Crippen molar-refractivity contribution in [1.29, 1.82) is 0 Å². The Kier molecular flexibility index (Phi) is 6.43. The zero-order valence-electron chi connectivity index (χ0n) is 16.7. The molecule has 2 aromatic rings. The third-order valence-corrected chi connectivity index (χ3v) is 5.32. The van der Waals surface area contributed by atoms with Crippen molar-refractivity contribution in [1.82, 2.24) is 15.3 Å². The number of nitrogens with one attached hydrogen (secondary N) is 1. The molecule has 1 aromatic carbocycles. The van der Waals surface area contributed by atoms with E-state index in [1.807, 2.05) is 26.0 Å². The predicted molar refractivity (Wildman–Crippen MR) is 109 cm³/mol. The largest absolute Gasteiger partial charge is 0.356 e. The summed E-state index contributed by atoms with van der Waals surface area (Å²) in [7, 11) is 0. The summed E-state index contributed by atoms with van der Waals surface area (Å²) in [4.78, 5) is 23.6. The summed E-state index contributed by atoms with van der Waals surface area (Å²) >= 11 is 0. The molecule has 0 saturated carbocycles. The first-order valence-electron chi connectivity index (χ1n) is 9.89. The molecule has 0 radical (unpaired) electrons. The second-order valence-corrected chi connectivity index (χ2v) is 7.61. The fourth-order valence-corrected chi connectivity index (χ4v) is 3.75. The average molecular weight is 367 g/mol. The summed E-state index contributed by atoms with van der Waals surface area (Å²) < 4.78 is 0. The Balaban J connectivity index is 1.41. The Hall–Kier alpha value is -2.43. The van der Waals surface area contributed by atoms with Crippen LogP contribution in [-0.2, 0) is 11.2 Å².